The van der Waals surface area contributed by atoms with Crippen molar-refractivity contribution >= 4 is 16.9 Å². The zero-order chi connectivity index (χ0) is 19.2. The second-order valence-electron chi connectivity index (χ2n) is 6.96. The van der Waals surface area contributed by atoms with E-state index in [9.17, 15) is 4.79 Å². The lowest BCUT2D eigenvalue weighted by molar-refractivity contribution is 0.0914. The summed E-state index contributed by atoms with van der Waals surface area (Å²) < 4.78 is 16.2. The summed E-state index contributed by atoms with van der Waals surface area (Å²) in [5.74, 6) is 1.69. The van der Waals surface area contributed by atoms with E-state index in [0.717, 1.165) is 18.4 Å². The molecule has 3 aromatic rings. The highest BCUT2D eigenvalue weighted by atomic mass is 16.5. The van der Waals surface area contributed by atoms with E-state index in [4.69, 9.17) is 19.2 Å². The molecular formula is C20H21N3O4. The first-order valence-corrected chi connectivity index (χ1v) is 8.70. The van der Waals surface area contributed by atoms with Crippen LogP contribution < -0.4 is 14.2 Å². The summed E-state index contributed by atoms with van der Waals surface area (Å²) in [4.78, 5) is 25.0. The molecule has 0 saturated heterocycles. The van der Waals surface area contributed by atoms with Gasteiger partial charge in [-0.15, -0.1) is 0 Å². The van der Waals surface area contributed by atoms with E-state index in [-0.39, 0.29) is 11.2 Å². The van der Waals surface area contributed by atoms with E-state index < -0.39 is 0 Å². The summed E-state index contributed by atoms with van der Waals surface area (Å²) in [6, 6.07) is 3.63. The number of carbonyl (C=O) groups excluding carboxylic acids is 1. The van der Waals surface area contributed by atoms with Crippen molar-refractivity contribution in [2.24, 2.45) is 5.41 Å². The van der Waals surface area contributed by atoms with Gasteiger partial charge in [0.05, 0.1) is 38.8 Å². The molecule has 1 aliphatic rings. The molecule has 1 fully saturated rings. The Hall–Kier alpha value is -3.09. The van der Waals surface area contributed by atoms with Crippen molar-refractivity contribution in [2.45, 2.75) is 19.8 Å². The zero-order valence-corrected chi connectivity index (χ0v) is 15.8. The molecule has 4 rings (SSSR count). The monoisotopic (exact) mass is 367 g/mol. The molecule has 0 bridgehead atoms. The van der Waals surface area contributed by atoms with E-state index in [0.29, 0.717) is 39.7 Å². The Labute approximate surface area is 156 Å². The molecule has 27 heavy (non-hydrogen) atoms. The van der Waals surface area contributed by atoms with Crippen molar-refractivity contribution in [1.82, 2.24) is 15.0 Å². The molecule has 0 aliphatic heterocycles. The summed E-state index contributed by atoms with van der Waals surface area (Å²) in [5, 5.41) is 0. The number of nitrogens with one attached hydrogen (secondary N) is 1. The normalized spacial score (nSPS) is 14.8. The van der Waals surface area contributed by atoms with Crippen LogP contribution >= 0.6 is 0 Å². The van der Waals surface area contributed by atoms with Gasteiger partial charge in [0.15, 0.2) is 22.9 Å². The van der Waals surface area contributed by atoms with Gasteiger partial charge in [0.2, 0.25) is 5.75 Å². The second-order valence-corrected chi connectivity index (χ2v) is 6.96. The van der Waals surface area contributed by atoms with E-state index in [1.165, 1.54) is 0 Å². The van der Waals surface area contributed by atoms with Crippen molar-refractivity contribution in [3.63, 3.8) is 0 Å². The number of ketones is 1. The number of aromatic nitrogens is 3. The van der Waals surface area contributed by atoms with E-state index in [2.05, 4.69) is 9.97 Å². The molecule has 2 heterocycles. The number of H-pyrrole nitrogens is 1. The van der Waals surface area contributed by atoms with Gasteiger partial charge in [-0.2, -0.15) is 0 Å². The first kappa shape index (κ1) is 17.3. The molecule has 1 aliphatic carbocycles. The van der Waals surface area contributed by atoms with Gasteiger partial charge in [0.1, 0.15) is 5.52 Å². The quantitative estimate of drug-likeness (QED) is 0.670. The van der Waals surface area contributed by atoms with Crippen LogP contribution in [0.2, 0.25) is 0 Å². The Morgan fingerprint density at radius 2 is 1.78 bits per heavy atom. The minimum atomic E-state index is -0.265. The molecule has 1 aromatic carbocycles. The van der Waals surface area contributed by atoms with Gasteiger partial charge in [-0.3, -0.25) is 4.79 Å². The van der Waals surface area contributed by atoms with E-state index in [1.54, 1.807) is 33.7 Å². The number of aromatic amines is 1. The fourth-order valence-corrected chi connectivity index (χ4v) is 3.17. The van der Waals surface area contributed by atoms with Gasteiger partial charge >= 0.3 is 0 Å². The molecule has 7 nitrogen and oxygen atoms in total. The number of nitrogens with zero attached hydrogens (tertiary/aromatic N) is 2. The van der Waals surface area contributed by atoms with Crippen LogP contribution in [0.4, 0.5) is 0 Å². The van der Waals surface area contributed by atoms with Crippen LogP contribution in [0.3, 0.4) is 0 Å². The average Bonchev–Trinajstić information content (AvgIpc) is 3.31. The molecule has 2 aromatic heterocycles. The lowest BCUT2D eigenvalue weighted by Crippen LogP contribution is -2.11. The van der Waals surface area contributed by atoms with Crippen LogP contribution in [0.1, 0.15) is 30.1 Å². The minimum Gasteiger partial charge on any atom is -0.493 e. The standard InChI is InChI=1S/C20H21N3O4/c1-20(5-6-20)18(24)12-9-21-19-16(12)23-13(10-22-19)11-7-14(25-2)17(27-4)15(8-11)26-3/h7-10H,5-6H2,1-4H3,(H,21,22). The van der Waals surface area contributed by atoms with Crippen LogP contribution in [-0.4, -0.2) is 42.1 Å². The number of benzene rings is 1. The van der Waals surface area contributed by atoms with Crippen LogP contribution in [0, 0.1) is 5.41 Å². The highest BCUT2D eigenvalue weighted by Crippen LogP contribution is 2.48. The van der Waals surface area contributed by atoms with Gasteiger partial charge in [0, 0.05) is 17.2 Å². The number of fused-ring (bicyclic) bond motifs is 1. The third kappa shape index (κ3) is 2.79. The lowest BCUT2D eigenvalue weighted by Gasteiger charge is -2.14. The zero-order valence-electron chi connectivity index (χ0n) is 15.8. The molecule has 140 valence electrons. The highest BCUT2D eigenvalue weighted by Gasteiger charge is 2.46. The number of ether oxygens (including phenoxy) is 3. The van der Waals surface area contributed by atoms with Crippen molar-refractivity contribution in [3.8, 4) is 28.5 Å². The van der Waals surface area contributed by atoms with Gasteiger partial charge in [-0.1, -0.05) is 6.92 Å². The smallest absolute Gasteiger partial charge is 0.203 e. The van der Waals surface area contributed by atoms with Crippen LogP contribution in [0.25, 0.3) is 22.4 Å². The van der Waals surface area contributed by atoms with E-state index >= 15 is 0 Å². The summed E-state index contributed by atoms with van der Waals surface area (Å²) >= 11 is 0. The maximum Gasteiger partial charge on any atom is 0.203 e. The Balaban J connectivity index is 1.84. The number of hydrogen-bond acceptors (Lipinski definition) is 6. The van der Waals surface area contributed by atoms with E-state index in [1.807, 2.05) is 19.1 Å². The summed E-state index contributed by atoms with van der Waals surface area (Å²) in [6.07, 6.45) is 5.19. The number of carbonyl (C=O) groups is 1. The fourth-order valence-electron chi connectivity index (χ4n) is 3.17. The third-order valence-corrected chi connectivity index (χ3v) is 5.13. The Morgan fingerprint density at radius 3 is 2.33 bits per heavy atom. The van der Waals surface area contributed by atoms with Crippen LogP contribution in [0.15, 0.2) is 24.5 Å². The molecule has 1 N–H and O–H groups in total. The molecule has 0 spiro atoms. The van der Waals surface area contributed by atoms with Crippen LogP contribution in [-0.2, 0) is 0 Å². The molecule has 0 radical (unpaired) electrons. The number of Topliss-reactive ketones (excluding diaryl/α,β-unsaturated/α-hetero) is 1. The van der Waals surface area contributed by atoms with Crippen molar-refractivity contribution < 1.29 is 19.0 Å². The fraction of sp³-hybridized carbons (Fsp3) is 0.350. The van der Waals surface area contributed by atoms with Crippen LogP contribution in [0.5, 0.6) is 17.2 Å². The largest absolute Gasteiger partial charge is 0.493 e. The lowest BCUT2D eigenvalue weighted by atomic mass is 9.98. The number of rotatable bonds is 6. The predicted molar refractivity (Wildman–Crippen MR) is 101 cm³/mol. The number of methoxy groups -OCH3 is 3. The SMILES string of the molecule is COc1cc(-c2cnc3[nH]cc(C(=O)C4(C)CC4)c3n2)cc(OC)c1OC. The topological polar surface area (TPSA) is 86.3 Å². The second kappa shape index (κ2) is 6.26. The summed E-state index contributed by atoms with van der Waals surface area (Å²) in [6.45, 7) is 1.99. The highest BCUT2D eigenvalue weighted by molar-refractivity contribution is 6.09. The summed E-state index contributed by atoms with van der Waals surface area (Å²) in [5.41, 5.74) is 2.89. The molecule has 0 amide bonds. The van der Waals surface area contributed by atoms with Gasteiger partial charge in [-0.05, 0) is 25.0 Å². The average molecular weight is 367 g/mol. The Kier molecular flexibility index (Phi) is 4.02. The Morgan fingerprint density at radius 1 is 1.11 bits per heavy atom. The maximum absolute atomic E-state index is 12.8. The first-order chi connectivity index (χ1) is 13.0. The minimum absolute atomic E-state index is 0.116. The predicted octanol–water partition coefficient (Wildman–Crippen LogP) is 3.63. The summed E-state index contributed by atoms with van der Waals surface area (Å²) in [7, 11) is 4.69. The van der Waals surface area contributed by atoms with Crippen molar-refractivity contribution in [3.05, 3.63) is 30.1 Å². The van der Waals surface area contributed by atoms with Crippen molar-refractivity contribution in [2.75, 3.05) is 21.3 Å². The van der Waals surface area contributed by atoms with Gasteiger partial charge < -0.3 is 19.2 Å². The number of hydrogen-bond donors (Lipinski definition) is 1. The molecule has 0 atom stereocenters. The molecule has 1 saturated carbocycles. The maximum atomic E-state index is 12.8. The Bertz CT molecular complexity index is 1010. The van der Waals surface area contributed by atoms with Crippen molar-refractivity contribution in [1.29, 1.82) is 0 Å². The third-order valence-electron chi connectivity index (χ3n) is 5.13. The van der Waals surface area contributed by atoms with Gasteiger partial charge in [0.25, 0.3) is 0 Å². The van der Waals surface area contributed by atoms with Gasteiger partial charge in [-0.25, -0.2) is 9.97 Å². The first-order valence-electron chi connectivity index (χ1n) is 8.70. The molecule has 0 unspecified atom stereocenters. The molecular weight excluding hydrogens is 346 g/mol. The molecule has 7 heteroatoms.